The summed E-state index contributed by atoms with van der Waals surface area (Å²) < 4.78 is 6.21. The van der Waals surface area contributed by atoms with Gasteiger partial charge in [-0.15, -0.1) is 11.3 Å². The lowest BCUT2D eigenvalue weighted by molar-refractivity contribution is 0.137. The highest BCUT2D eigenvalue weighted by atomic mass is 35.5. The zero-order valence-corrected chi connectivity index (χ0v) is 10.8. The number of nitrogens with one attached hydrogen (secondary N) is 1. The summed E-state index contributed by atoms with van der Waals surface area (Å²) in [6.07, 6.45) is 2.07. The largest absolute Gasteiger partial charge is 0.382 e. The Hall–Kier alpha value is -0.0900. The van der Waals surface area contributed by atoms with Gasteiger partial charge in [0.05, 0.1) is 4.34 Å². The lowest BCUT2D eigenvalue weighted by atomic mass is 10.1. The summed E-state index contributed by atoms with van der Waals surface area (Å²) in [5.74, 6) is 0. The summed E-state index contributed by atoms with van der Waals surface area (Å²) >= 11 is 7.54. The Morgan fingerprint density at radius 3 is 2.87 bits per heavy atom. The van der Waals surface area contributed by atoms with Gasteiger partial charge in [0.1, 0.15) is 0 Å². The first-order chi connectivity index (χ1) is 7.26. The second-order valence-corrected chi connectivity index (χ2v) is 5.18. The highest BCUT2D eigenvalue weighted by Crippen LogP contribution is 2.22. The summed E-state index contributed by atoms with van der Waals surface area (Å²) in [4.78, 5) is 1.33. The third kappa shape index (κ3) is 4.98. The van der Waals surface area contributed by atoms with Gasteiger partial charge in [-0.05, 0) is 38.9 Å². The van der Waals surface area contributed by atoms with E-state index in [-0.39, 0.29) is 0 Å². The maximum absolute atomic E-state index is 5.89. The quantitative estimate of drug-likeness (QED) is 0.748. The number of likely N-dealkylation sites (N-methyl/N-ethyl adjacent to an activating group) is 1. The van der Waals surface area contributed by atoms with Gasteiger partial charge in [-0.3, -0.25) is 0 Å². The number of hydrogen-bond donors (Lipinski definition) is 1. The molecule has 0 aliphatic heterocycles. The van der Waals surface area contributed by atoms with E-state index in [0.717, 1.165) is 30.4 Å². The Bertz CT molecular complexity index is 277. The van der Waals surface area contributed by atoms with E-state index in [4.69, 9.17) is 16.3 Å². The van der Waals surface area contributed by atoms with Gasteiger partial charge >= 0.3 is 0 Å². The van der Waals surface area contributed by atoms with E-state index in [0.29, 0.717) is 6.04 Å². The van der Waals surface area contributed by atoms with E-state index in [1.54, 1.807) is 11.3 Å². The highest BCUT2D eigenvalue weighted by molar-refractivity contribution is 7.16. The van der Waals surface area contributed by atoms with Gasteiger partial charge in [0.2, 0.25) is 0 Å². The molecule has 15 heavy (non-hydrogen) atoms. The molecule has 0 bridgehead atoms. The number of thiophene rings is 1. The van der Waals surface area contributed by atoms with Gasteiger partial charge in [-0.2, -0.15) is 0 Å². The number of ether oxygens (including phenoxy) is 1. The molecule has 0 saturated heterocycles. The van der Waals surface area contributed by atoms with E-state index in [9.17, 15) is 0 Å². The molecule has 0 saturated carbocycles. The minimum atomic E-state index is 0.478. The van der Waals surface area contributed by atoms with Crippen LogP contribution in [0.4, 0.5) is 0 Å². The van der Waals surface area contributed by atoms with E-state index in [2.05, 4.69) is 11.4 Å². The SMILES string of the molecule is CCOCCC(Cc1ccc(Cl)s1)NC. The van der Waals surface area contributed by atoms with Crippen LogP contribution in [0.2, 0.25) is 4.34 Å². The fourth-order valence-electron chi connectivity index (χ4n) is 1.42. The smallest absolute Gasteiger partial charge is 0.0931 e. The molecular formula is C11H18ClNOS. The molecule has 1 unspecified atom stereocenters. The van der Waals surface area contributed by atoms with Crippen molar-refractivity contribution in [1.29, 1.82) is 0 Å². The zero-order chi connectivity index (χ0) is 11.1. The molecule has 1 aromatic heterocycles. The highest BCUT2D eigenvalue weighted by Gasteiger charge is 2.08. The molecule has 86 valence electrons. The van der Waals surface area contributed by atoms with Crippen molar-refractivity contribution in [3.63, 3.8) is 0 Å². The minimum Gasteiger partial charge on any atom is -0.382 e. The summed E-state index contributed by atoms with van der Waals surface area (Å²) in [6, 6.07) is 4.53. The second kappa shape index (κ2) is 7.23. The summed E-state index contributed by atoms with van der Waals surface area (Å²) in [5, 5.41) is 3.30. The fraction of sp³-hybridized carbons (Fsp3) is 0.636. The molecule has 0 aromatic carbocycles. The van der Waals surface area contributed by atoms with Crippen LogP contribution in [0.15, 0.2) is 12.1 Å². The molecule has 1 atom stereocenters. The maximum Gasteiger partial charge on any atom is 0.0931 e. The molecule has 0 radical (unpaired) electrons. The summed E-state index contributed by atoms with van der Waals surface area (Å²) in [7, 11) is 1.99. The number of halogens is 1. The van der Waals surface area contributed by atoms with E-state index >= 15 is 0 Å². The first-order valence-electron chi connectivity index (χ1n) is 5.25. The summed E-state index contributed by atoms with van der Waals surface area (Å²) in [5.41, 5.74) is 0. The third-order valence-electron chi connectivity index (χ3n) is 2.30. The molecule has 4 heteroatoms. The minimum absolute atomic E-state index is 0.478. The first-order valence-corrected chi connectivity index (χ1v) is 6.45. The predicted molar refractivity (Wildman–Crippen MR) is 67.0 cm³/mol. The van der Waals surface area contributed by atoms with E-state index in [1.807, 2.05) is 20.0 Å². The van der Waals surface area contributed by atoms with Crippen LogP contribution < -0.4 is 5.32 Å². The Kier molecular flexibility index (Phi) is 6.25. The first kappa shape index (κ1) is 13.0. The van der Waals surface area contributed by atoms with Crippen LogP contribution in [0.3, 0.4) is 0 Å². The van der Waals surface area contributed by atoms with Gasteiger partial charge in [0, 0.05) is 24.1 Å². The molecule has 0 spiro atoms. The topological polar surface area (TPSA) is 21.3 Å². The Morgan fingerprint density at radius 2 is 2.33 bits per heavy atom. The van der Waals surface area contributed by atoms with Crippen LogP contribution in [0, 0.1) is 0 Å². The van der Waals surface area contributed by atoms with E-state index < -0.39 is 0 Å². The lowest BCUT2D eigenvalue weighted by Gasteiger charge is -2.14. The Labute approximate surface area is 101 Å². The zero-order valence-electron chi connectivity index (χ0n) is 9.25. The van der Waals surface area contributed by atoms with Crippen molar-refractivity contribution in [1.82, 2.24) is 5.32 Å². The van der Waals surface area contributed by atoms with Crippen molar-refractivity contribution >= 4 is 22.9 Å². The van der Waals surface area contributed by atoms with Crippen molar-refractivity contribution in [3.05, 3.63) is 21.3 Å². The third-order valence-corrected chi connectivity index (χ3v) is 3.55. The van der Waals surface area contributed by atoms with E-state index in [1.165, 1.54) is 4.88 Å². The Balaban J connectivity index is 2.33. The molecule has 1 rings (SSSR count). The monoisotopic (exact) mass is 247 g/mol. The normalized spacial score (nSPS) is 13.0. The number of rotatable bonds is 7. The van der Waals surface area contributed by atoms with Crippen LogP contribution in [0.5, 0.6) is 0 Å². The maximum atomic E-state index is 5.89. The van der Waals surface area contributed by atoms with Crippen LogP contribution in [0.25, 0.3) is 0 Å². The predicted octanol–water partition coefficient (Wildman–Crippen LogP) is 2.96. The van der Waals surface area contributed by atoms with Crippen LogP contribution in [-0.4, -0.2) is 26.3 Å². The van der Waals surface area contributed by atoms with Gasteiger partial charge in [0.25, 0.3) is 0 Å². The molecule has 0 fully saturated rings. The fourth-order valence-corrected chi connectivity index (χ4v) is 2.59. The molecule has 1 heterocycles. The molecule has 2 nitrogen and oxygen atoms in total. The molecular weight excluding hydrogens is 230 g/mol. The van der Waals surface area contributed by atoms with Gasteiger partial charge in [0.15, 0.2) is 0 Å². The molecule has 0 amide bonds. The van der Waals surface area contributed by atoms with Gasteiger partial charge in [-0.1, -0.05) is 11.6 Å². The van der Waals surface area contributed by atoms with Crippen LogP contribution in [0.1, 0.15) is 18.2 Å². The van der Waals surface area contributed by atoms with Crippen molar-refractivity contribution in [3.8, 4) is 0 Å². The average molecular weight is 248 g/mol. The molecule has 0 aliphatic carbocycles. The molecule has 0 aliphatic rings. The van der Waals surface area contributed by atoms with Crippen LogP contribution in [-0.2, 0) is 11.2 Å². The second-order valence-electron chi connectivity index (χ2n) is 3.38. The standard InChI is InChI=1S/C11H18ClNOS/c1-3-14-7-6-9(13-2)8-10-4-5-11(12)15-10/h4-5,9,13H,3,6-8H2,1-2H3. The molecule has 1 aromatic rings. The summed E-state index contributed by atoms with van der Waals surface area (Å²) in [6.45, 7) is 3.63. The van der Waals surface area contributed by atoms with Crippen molar-refractivity contribution < 1.29 is 4.74 Å². The van der Waals surface area contributed by atoms with Gasteiger partial charge in [-0.25, -0.2) is 0 Å². The van der Waals surface area contributed by atoms with Crippen molar-refractivity contribution in [2.45, 2.75) is 25.8 Å². The van der Waals surface area contributed by atoms with Crippen molar-refractivity contribution in [2.24, 2.45) is 0 Å². The lowest BCUT2D eigenvalue weighted by Crippen LogP contribution is -2.28. The average Bonchev–Trinajstić information content (AvgIpc) is 2.63. The number of hydrogen-bond acceptors (Lipinski definition) is 3. The van der Waals surface area contributed by atoms with Gasteiger partial charge < -0.3 is 10.1 Å². The Morgan fingerprint density at radius 1 is 1.53 bits per heavy atom. The van der Waals surface area contributed by atoms with Crippen LogP contribution >= 0.6 is 22.9 Å². The van der Waals surface area contributed by atoms with Crippen molar-refractivity contribution in [2.75, 3.05) is 20.3 Å². The molecule has 1 N–H and O–H groups in total.